The minimum Gasteiger partial charge on any atom is -0.497 e. The number of carbonyl (C=O) groups is 1. The van der Waals surface area contributed by atoms with E-state index in [-0.39, 0.29) is 11.3 Å². The molecule has 1 heterocycles. The lowest BCUT2D eigenvalue weighted by Crippen LogP contribution is -2.23. The maximum atomic E-state index is 12.5. The van der Waals surface area contributed by atoms with Crippen molar-refractivity contribution in [3.8, 4) is 5.75 Å². The average molecular weight is 389 g/mol. The number of amides is 1. The van der Waals surface area contributed by atoms with Crippen molar-refractivity contribution < 1.29 is 9.53 Å². The molecule has 0 unspecified atom stereocenters. The van der Waals surface area contributed by atoms with E-state index in [1.165, 1.54) is 5.56 Å². The Morgan fingerprint density at radius 2 is 1.76 bits per heavy atom. The third-order valence-electron chi connectivity index (χ3n) is 4.62. The van der Waals surface area contributed by atoms with Gasteiger partial charge in [-0.05, 0) is 46.9 Å². The number of aromatic nitrogens is 1. The molecule has 29 heavy (non-hydrogen) atoms. The van der Waals surface area contributed by atoms with Gasteiger partial charge in [0.2, 0.25) is 0 Å². The SMILES string of the molecule is COc1ccc(CNC(=O)c2cc(Nc3ccccc3C(C)(C)C)ccn2)cc1. The van der Waals surface area contributed by atoms with Gasteiger partial charge in [0.05, 0.1) is 7.11 Å². The van der Waals surface area contributed by atoms with Gasteiger partial charge in [0.15, 0.2) is 0 Å². The van der Waals surface area contributed by atoms with Crippen LogP contribution in [0.25, 0.3) is 0 Å². The van der Waals surface area contributed by atoms with Crippen molar-refractivity contribution in [1.82, 2.24) is 10.3 Å². The van der Waals surface area contributed by atoms with E-state index in [0.717, 1.165) is 22.7 Å². The monoisotopic (exact) mass is 389 g/mol. The Kier molecular flexibility index (Phi) is 6.17. The van der Waals surface area contributed by atoms with Gasteiger partial charge in [-0.25, -0.2) is 0 Å². The minimum atomic E-state index is -0.214. The second-order valence-corrected chi connectivity index (χ2v) is 7.88. The summed E-state index contributed by atoms with van der Waals surface area (Å²) in [5.41, 5.74) is 4.43. The smallest absolute Gasteiger partial charge is 0.270 e. The predicted molar refractivity (Wildman–Crippen MR) is 117 cm³/mol. The van der Waals surface area contributed by atoms with Crippen molar-refractivity contribution in [2.24, 2.45) is 0 Å². The Balaban J connectivity index is 1.70. The molecular weight excluding hydrogens is 362 g/mol. The van der Waals surface area contributed by atoms with Crippen molar-refractivity contribution in [2.45, 2.75) is 32.7 Å². The van der Waals surface area contributed by atoms with E-state index in [4.69, 9.17) is 4.74 Å². The van der Waals surface area contributed by atoms with Gasteiger partial charge >= 0.3 is 0 Å². The van der Waals surface area contributed by atoms with Gasteiger partial charge in [0, 0.05) is 24.1 Å². The summed E-state index contributed by atoms with van der Waals surface area (Å²) in [5, 5.41) is 6.34. The quantitative estimate of drug-likeness (QED) is 0.618. The largest absolute Gasteiger partial charge is 0.497 e. The maximum Gasteiger partial charge on any atom is 0.270 e. The Labute approximate surface area is 172 Å². The summed E-state index contributed by atoms with van der Waals surface area (Å²) in [6, 6.07) is 19.4. The summed E-state index contributed by atoms with van der Waals surface area (Å²) in [4.78, 5) is 16.8. The fourth-order valence-electron chi connectivity index (χ4n) is 3.05. The van der Waals surface area contributed by atoms with Crippen LogP contribution in [0, 0.1) is 0 Å². The Hall–Kier alpha value is -3.34. The first kappa shape index (κ1) is 20.4. The summed E-state index contributed by atoms with van der Waals surface area (Å²) >= 11 is 0. The summed E-state index contributed by atoms with van der Waals surface area (Å²) in [5.74, 6) is 0.574. The van der Waals surface area contributed by atoms with Crippen LogP contribution in [0.1, 0.15) is 42.4 Å². The zero-order valence-corrected chi connectivity index (χ0v) is 17.3. The van der Waals surface area contributed by atoms with Crippen LogP contribution in [0.2, 0.25) is 0 Å². The zero-order chi connectivity index (χ0) is 20.9. The summed E-state index contributed by atoms with van der Waals surface area (Å²) in [7, 11) is 1.63. The molecule has 3 rings (SSSR count). The number of carbonyl (C=O) groups excluding carboxylic acids is 1. The van der Waals surface area contributed by atoms with Gasteiger partial charge in [-0.15, -0.1) is 0 Å². The number of hydrogen-bond donors (Lipinski definition) is 2. The van der Waals surface area contributed by atoms with Crippen LogP contribution < -0.4 is 15.4 Å². The fraction of sp³-hybridized carbons (Fsp3) is 0.250. The Morgan fingerprint density at radius 3 is 2.45 bits per heavy atom. The third-order valence-corrected chi connectivity index (χ3v) is 4.62. The highest BCUT2D eigenvalue weighted by Gasteiger charge is 2.17. The molecule has 5 nitrogen and oxygen atoms in total. The maximum absolute atomic E-state index is 12.5. The molecular formula is C24H27N3O2. The number of rotatable bonds is 6. The first-order valence-corrected chi connectivity index (χ1v) is 9.60. The van der Waals surface area contributed by atoms with Crippen molar-refractivity contribution in [2.75, 3.05) is 12.4 Å². The van der Waals surface area contributed by atoms with Crippen LogP contribution in [-0.4, -0.2) is 18.0 Å². The number of pyridine rings is 1. The summed E-state index contributed by atoms with van der Waals surface area (Å²) in [6.07, 6.45) is 1.64. The van der Waals surface area contributed by atoms with Crippen LogP contribution >= 0.6 is 0 Å². The zero-order valence-electron chi connectivity index (χ0n) is 17.3. The first-order valence-electron chi connectivity index (χ1n) is 9.60. The number of nitrogens with one attached hydrogen (secondary N) is 2. The van der Waals surface area contributed by atoms with Crippen molar-refractivity contribution in [3.63, 3.8) is 0 Å². The van der Waals surface area contributed by atoms with Gasteiger partial charge in [0.1, 0.15) is 11.4 Å². The molecule has 0 bridgehead atoms. The van der Waals surface area contributed by atoms with Crippen LogP contribution in [0.4, 0.5) is 11.4 Å². The second kappa shape index (κ2) is 8.78. The van der Waals surface area contributed by atoms with Crippen molar-refractivity contribution >= 4 is 17.3 Å². The second-order valence-electron chi connectivity index (χ2n) is 7.88. The van der Waals surface area contributed by atoms with Crippen molar-refractivity contribution in [3.05, 3.63) is 83.7 Å². The number of nitrogens with zero attached hydrogens (tertiary/aromatic N) is 1. The van der Waals surface area contributed by atoms with E-state index in [1.807, 2.05) is 48.5 Å². The number of anilines is 2. The summed E-state index contributed by atoms with van der Waals surface area (Å²) in [6.45, 7) is 6.96. The highest BCUT2D eigenvalue weighted by molar-refractivity contribution is 5.93. The molecule has 0 aliphatic heterocycles. The first-order chi connectivity index (χ1) is 13.9. The van der Waals surface area contributed by atoms with E-state index in [1.54, 1.807) is 19.4 Å². The minimum absolute atomic E-state index is 0.00912. The van der Waals surface area contributed by atoms with E-state index in [0.29, 0.717) is 12.2 Å². The normalized spacial score (nSPS) is 11.0. The molecule has 0 saturated carbocycles. The average Bonchev–Trinajstić information content (AvgIpc) is 2.72. The van der Waals surface area contributed by atoms with E-state index in [2.05, 4.69) is 42.5 Å². The molecule has 5 heteroatoms. The molecule has 0 spiro atoms. The molecule has 0 aliphatic rings. The number of ether oxygens (including phenoxy) is 1. The van der Waals surface area contributed by atoms with Crippen LogP contribution in [0.3, 0.4) is 0 Å². The van der Waals surface area contributed by atoms with Crippen LogP contribution in [-0.2, 0) is 12.0 Å². The molecule has 1 amide bonds. The van der Waals surface area contributed by atoms with Gasteiger partial charge in [-0.3, -0.25) is 9.78 Å². The number of para-hydroxylation sites is 1. The predicted octanol–water partition coefficient (Wildman–Crippen LogP) is 5.06. The van der Waals surface area contributed by atoms with Gasteiger partial charge in [0.25, 0.3) is 5.91 Å². The Bertz CT molecular complexity index is 976. The molecule has 3 aromatic rings. The molecule has 2 aromatic carbocycles. The Morgan fingerprint density at radius 1 is 1.03 bits per heavy atom. The molecule has 0 aliphatic carbocycles. The van der Waals surface area contributed by atoms with Gasteiger partial charge in [-0.2, -0.15) is 0 Å². The number of hydrogen-bond acceptors (Lipinski definition) is 4. The topological polar surface area (TPSA) is 63.2 Å². The third kappa shape index (κ3) is 5.35. The fourth-order valence-corrected chi connectivity index (χ4v) is 3.05. The molecule has 0 saturated heterocycles. The molecule has 150 valence electrons. The van der Waals surface area contributed by atoms with Crippen LogP contribution in [0.15, 0.2) is 66.9 Å². The molecule has 0 fully saturated rings. The lowest BCUT2D eigenvalue weighted by atomic mass is 9.86. The summed E-state index contributed by atoms with van der Waals surface area (Å²) < 4.78 is 5.15. The van der Waals surface area contributed by atoms with Crippen molar-refractivity contribution in [1.29, 1.82) is 0 Å². The van der Waals surface area contributed by atoms with Crippen LogP contribution in [0.5, 0.6) is 5.75 Å². The van der Waals surface area contributed by atoms with E-state index < -0.39 is 0 Å². The van der Waals surface area contributed by atoms with E-state index in [9.17, 15) is 4.79 Å². The van der Waals surface area contributed by atoms with Gasteiger partial charge < -0.3 is 15.4 Å². The highest BCUT2D eigenvalue weighted by atomic mass is 16.5. The molecule has 0 radical (unpaired) electrons. The lowest BCUT2D eigenvalue weighted by Gasteiger charge is -2.23. The standard InChI is InChI=1S/C24H27N3O2/c1-24(2,3)20-7-5-6-8-21(20)27-18-13-14-25-22(15-18)23(28)26-16-17-9-11-19(29-4)12-10-17/h5-15H,16H2,1-4H3,(H,25,27)(H,26,28). The van der Waals surface area contributed by atoms with E-state index >= 15 is 0 Å². The molecule has 1 aromatic heterocycles. The molecule has 2 N–H and O–H groups in total. The number of methoxy groups -OCH3 is 1. The van der Waals surface area contributed by atoms with Gasteiger partial charge in [-0.1, -0.05) is 51.1 Å². The highest BCUT2D eigenvalue weighted by Crippen LogP contribution is 2.31. The number of benzene rings is 2. The molecule has 0 atom stereocenters. The lowest BCUT2D eigenvalue weighted by molar-refractivity contribution is 0.0946.